The van der Waals surface area contributed by atoms with E-state index in [9.17, 15) is 18.0 Å². The maximum atomic E-state index is 12.1. The average molecular weight is 395 g/mol. The van der Waals surface area contributed by atoms with Crippen molar-refractivity contribution >= 4 is 21.9 Å². The molecule has 1 heterocycles. The van der Waals surface area contributed by atoms with Crippen molar-refractivity contribution in [1.82, 2.24) is 9.62 Å². The van der Waals surface area contributed by atoms with Crippen LogP contribution in [0.5, 0.6) is 0 Å². The van der Waals surface area contributed by atoms with Gasteiger partial charge in [-0.15, -0.1) is 0 Å². The fourth-order valence-electron chi connectivity index (χ4n) is 2.61. The molecule has 1 amide bonds. The minimum Gasteiger partial charge on any atom is -0.455 e. The molecule has 2 rings (SSSR count). The largest absolute Gasteiger partial charge is 0.455 e. The highest BCUT2D eigenvalue weighted by molar-refractivity contribution is 7.89. The summed E-state index contributed by atoms with van der Waals surface area (Å²) in [6.45, 7) is 3.44. The summed E-state index contributed by atoms with van der Waals surface area (Å²) in [4.78, 5) is 25.3. The van der Waals surface area contributed by atoms with Crippen LogP contribution < -0.4 is 4.72 Å². The number of amides is 1. The number of ether oxygens (including phenoxy) is 2. The molecule has 0 aliphatic carbocycles. The molecule has 0 saturated carbocycles. The molecular weight excluding hydrogens is 374 g/mol. The van der Waals surface area contributed by atoms with Crippen molar-refractivity contribution in [2.45, 2.75) is 31.0 Å². The Morgan fingerprint density at radius 2 is 1.85 bits per heavy atom. The SMILES string of the molecule is C[C@@H]1CN(C(=O)COC(=O)CNS(=O)(=O)c2ccc(C#N)cc2)C[C@@H](C)O1. The van der Waals surface area contributed by atoms with Crippen LogP contribution in [0.1, 0.15) is 19.4 Å². The van der Waals surface area contributed by atoms with Gasteiger partial charge in [0, 0.05) is 13.1 Å². The number of carbonyl (C=O) groups excluding carboxylic acids is 2. The van der Waals surface area contributed by atoms with Gasteiger partial charge < -0.3 is 14.4 Å². The van der Waals surface area contributed by atoms with Crippen molar-refractivity contribution in [2.75, 3.05) is 26.2 Å². The molecule has 1 aromatic rings. The molecule has 1 fully saturated rings. The molecule has 1 aliphatic rings. The molecule has 9 nitrogen and oxygen atoms in total. The molecule has 0 radical (unpaired) electrons. The topological polar surface area (TPSA) is 126 Å². The van der Waals surface area contributed by atoms with E-state index in [1.54, 1.807) is 4.90 Å². The minimum atomic E-state index is -3.93. The molecule has 2 atom stereocenters. The van der Waals surface area contributed by atoms with Crippen LogP contribution in [0.2, 0.25) is 0 Å². The summed E-state index contributed by atoms with van der Waals surface area (Å²) in [5, 5.41) is 8.72. The van der Waals surface area contributed by atoms with E-state index in [1.807, 2.05) is 19.9 Å². The Labute approximate surface area is 157 Å². The van der Waals surface area contributed by atoms with Crippen molar-refractivity contribution < 1.29 is 27.5 Å². The summed E-state index contributed by atoms with van der Waals surface area (Å²) in [5.41, 5.74) is 0.318. The van der Waals surface area contributed by atoms with E-state index in [2.05, 4.69) is 4.72 Å². The first-order chi connectivity index (χ1) is 12.7. The zero-order valence-electron chi connectivity index (χ0n) is 15.0. The molecule has 1 N–H and O–H groups in total. The molecule has 1 aromatic carbocycles. The van der Waals surface area contributed by atoms with Crippen molar-refractivity contribution in [2.24, 2.45) is 0 Å². The lowest BCUT2D eigenvalue weighted by Crippen LogP contribution is -2.49. The van der Waals surface area contributed by atoms with Crippen LogP contribution in [0.3, 0.4) is 0 Å². The first-order valence-corrected chi connectivity index (χ1v) is 9.78. The summed E-state index contributed by atoms with van der Waals surface area (Å²) in [6, 6.07) is 7.12. The lowest BCUT2D eigenvalue weighted by molar-refractivity contribution is -0.156. The number of hydrogen-bond donors (Lipinski definition) is 1. The van der Waals surface area contributed by atoms with Gasteiger partial charge in [-0.2, -0.15) is 9.98 Å². The molecule has 0 spiro atoms. The van der Waals surface area contributed by atoms with Gasteiger partial charge in [0.15, 0.2) is 6.61 Å². The molecule has 146 valence electrons. The van der Waals surface area contributed by atoms with E-state index >= 15 is 0 Å². The number of nitriles is 1. The van der Waals surface area contributed by atoms with Gasteiger partial charge in [0.05, 0.1) is 28.7 Å². The van der Waals surface area contributed by atoms with E-state index in [0.717, 1.165) is 0 Å². The second kappa shape index (κ2) is 8.94. The van der Waals surface area contributed by atoms with Crippen molar-refractivity contribution in [1.29, 1.82) is 5.26 Å². The number of hydrogen-bond acceptors (Lipinski definition) is 7. The van der Waals surface area contributed by atoms with Crippen LogP contribution in [0, 0.1) is 11.3 Å². The monoisotopic (exact) mass is 395 g/mol. The fourth-order valence-corrected chi connectivity index (χ4v) is 3.58. The number of esters is 1. The number of rotatable bonds is 6. The first-order valence-electron chi connectivity index (χ1n) is 8.30. The Kier molecular flexibility index (Phi) is 6.90. The van der Waals surface area contributed by atoms with Gasteiger partial charge in [-0.05, 0) is 38.1 Å². The van der Waals surface area contributed by atoms with Crippen LogP contribution in [0.15, 0.2) is 29.2 Å². The number of carbonyl (C=O) groups is 2. The Morgan fingerprint density at radius 1 is 1.26 bits per heavy atom. The number of nitrogens with zero attached hydrogens (tertiary/aromatic N) is 2. The minimum absolute atomic E-state index is 0.0818. The van der Waals surface area contributed by atoms with Gasteiger partial charge in [0.25, 0.3) is 5.91 Å². The molecule has 1 saturated heterocycles. The van der Waals surface area contributed by atoms with Gasteiger partial charge in [0.2, 0.25) is 10.0 Å². The number of morpholine rings is 1. The van der Waals surface area contributed by atoms with Gasteiger partial charge in [-0.25, -0.2) is 8.42 Å². The van der Waals surface area contributed by atoms with Crippen LogP contribution in [-0.4, -0.2) is 63.6 Å². The highest BCUT2D eigenvalue weighted by atomic mass is 32.2. The Morgan fingerprint density at radius 3 is 2.41 bits per heavy atom. The highest BCUT2D eigenvalue weighted by Crippen LogP contribution is 2.11. The molecule has 0 unspecified atom stereocenters. The third-order valence-corrected chi connectivity index (χ3v) is 5.25. The lowest BCUT2D eigenvalue weighted by Gasteiger charge is -2.35. The van der Waals surface area contributed by atoms with E-state index in [4.69, 9.17) is 14.7 Å². The van der Waals surface area contributed by atoms with Gasteiger partial charge in [-0.3, -0.25) is 9.59 Å². The molecule has 10 heteroatoms. The zero-order chi connectivity index (χ0) is 20.0. The summed E-state index contributed by atoms with van der Waals surface area (Å²) in [7, 11) is -3.93. The second-order valence-electron chi connectivity index (χ2n) is 6.18. The average Bonchev–Trinajstić information content (AvgIpc) is 2.63. The van der Waals surface area contributed by atoms with Crippen molar-refractivity contribution in [3.8, 4) is 6.07 Å². The summed E-state index contributed by atoms with van der Waals surface area (Å²) in [6.07, 6.45) is -0.208. The van der Waals surface area contributed by atoms with E-state index in [1.165, 1.54) is 24.3 Å². The zero-order valence-corrected chi connectivity index (χ0v) is 15.9. The molecule has 27 heavy (non-hydrogen) atoms. The molecule has 0 bridgehead atoms. The Bertz CT molecular complexity index is 821. The Hall–Kier alpha value is -2.48. The maximum absolute atomic E-state index is 12.1. The summed E-state index contributed by atoms with van der Waals surface area (Å²) < 4.78 is 36.7. The predicted molar refractivity (Wildman–Crippen MR) is 93.9 cm³/mol. The quantitative estimate of drug-likeness (QED) is 0.673. The van der Waals surface area contributed by atoms with Crippen LogP contribution in [-0.2, 0) is 29.1 Å². The third-order valence-electron chi connectivity index (χ3n) is 3.83. The van der Waals surface area contributed by atoms with Crippen LogP contribution >= 0.6 is 0 Å². The highest BCUT2D eigenvalue weighted by Gasteiger charge is 2.26. The van der Waals surface area contributed by atoms with Crippen molar-refractivity contribution in [3.63, 3.8) is 0 Å². The van der Waals surface area contributed by atoms with Gasteiger partial charge >= 0.3 is 5.97 Å². The number of benzene rings is 1. The third kappa shape index (κ3) is 6.02. The van der Waals surface area contributed by atoms with Gasteiger partial charge in [0.1, 0.15) is 6.54 Å². The lowest BCUT2D eigenvalue weighted by atomic mass is 10.2. The first kappa shape index (κ1) is 20.8. The number of sulfonamides is 1. The maximum Gasteiger partial charge on any atom is 0.321 e. The van der Waals surface area contributed by atoms with E-state index in [-0.39, 0.29) is 23.0 Å². The van der Waals surface area contributed by atoms with E-state index < -0.39 is 29.1 Å². The Balaban J connectivity index is 1.81. The predicted octanol–water partition coefficient (Wildman–Crippen LogP) is 0.0156. The van der Waals surface area contributed by atoms with Crippen LogP contribution in [0.25, 0.3) is 0 Å². The van der Waals surface area contributed by atoms with Gasteiger partial charge in [-0.1, -0.05) is 0 Å². The molecule has 0 aromatic heterocycles. The normalized spacial score (nSPS) is 20.0. The van der Waals surface area contributed by atoms with E-state index in [0.29, 0.717) is 18.7 Å². The standard InChI is InChI=1S/C17H21N3O6S/c1-12-9-20(10-13(2)26-12)16(21)11-25-17(22)8-19-27(23,24)15-5-3-14(7-18)4-6-15/h3-6,12-13,19H,8-11H2,1-2H3/t12-,13-/m1/s1. The van der Waals surface area contributed by atoms with Crippen molar-refractivity contribution in [3.05, 3.63) is 29.8 Å². The molecule has 1 aliphatic heterocycles. The second-order valence-corrected chi connectivity index (χ2v) is 7.94. The smallest absolute Gasteiger partial charge is 0.321 e. The van der Waals surface area contributed by atoms with Crippen LogP contribution in [0.4, 0.5) is 0 Å². The number of nitrogens with one attached hydrogen (secondary N) is 1. The summed E-state index contributed by atoms with van der Waals surface area (Å²) >= 11 is 0. The fraction of sp³-hybridized carbons (Fsp3) is 0.471. The summed E-state index contributed by atoms with van der Waals surface area (Å²) in [5.74, 6) is -1.23. The molecular formula is C17H21N3O6S.